The van der Waals surface area contributed by atoms with Crippen molar-refractivity contribution >= 4 is 52.6 Å². The molecule has 0 aromatic rings. The Bertz CT molecular complexity index is 2350. The molecular formula is C60H111N2O35P3. The summed E-state index contributed by atoms with van der Waals surface area (Å²) in [6.07, 6.45) is -11.9. The van der Waals surface area contributed by atoms with Crippen LogP contribution in [0.3, 0.4) is 0 Å². The molecule has 0 spiro atoms. The Labute approximate surface area is 581 Å². The largest absolute Gasteiger partial charge is 0.469 e. The molecule has 0 aromatic heterocycles. The van der Waals surface area contributed by atoms with Gasteiger partial charge in [-0.1, -0.05) is 39.0 Å². The van der Waals surface area contributed by atoms with Gasteiger partial charge in [-0.2, -0.15) is 0 Å². The van der Waals surface area contributed by atoms with E-state index in [1.165, 1.54) is 0 Å². The molecule has 0 aromatic carbocycles. The summed E-state index contributed by atoms with van der Waals surface area (Å²) in [6, 6.07) is 0. The summed E-state index contributed by atoms with van der Waals surface area (Å²) >= 11 is 0. The fraction of sp³-hybridized carbons (Fsp3) is 0.917. The van der Waals surface area contributed by atoms with Gasteiger partial charge in [-0.05, 0) is 70.6 Å². The van der Waals surface area contributed by atoms with Crippen molar-refractivity contribution in [3.63, 3.8) is 0 Å². The van der Waals surface area contributed by atoms with E-state index in [0.717, 1.165) is 38.5 Å². The second kappa shape index (κ2) is 49.4. The number of phosphoric ester groups is 3. The minimum Gasteiger partial charge on any atom is -0.387 e. The molecule has 3 aliphatic heterocycles. The molecule has 16 unspecified atom stereocenters. The lowest BCUT2D eigenvalue weighted by atomic mass is 9.94. The van der Waals surface area contributed by atoms with Crippen molar-refractivity contribution < 1.29 is 169 Å². The van der Waals surface area contributed by atoms with Crippen LogP contribution in [-0.2, 0) is 93.9 Å². The fourth-order valence-corrected chi connectivity index (χ4v) is 11.5. The standard InChI is InChI=1S/C60H111N2O35P3/c1-60(37-86-28-13-5-3-2-4-7-18-40(63)21-10-14-29-89-57-54(74)51(71)48(68)43(95-57)34-92-98(77,78)79,38-87-32-24-42(65)20-9-6-8-19-41(64)22-11-15-30-90-58-55(75)52(72)49(69)44(96-58)35-93-99(80,81)82)39-88-33-25-47(67)62-27-17-26-61-46(66)23-12-16-31-91-59-56(76)53(73)50(70)45(97-59)36-94-100(83,84)85/h43-45,48-59,68-76H,2-39H2,1H3,(H,61,66)(H,62,67)(H2,77,78,79)(H2,80,81,82)(H2,83,84,85). The number of hydrogen-bond donors (Lipinski definition) is 17. The molecule has 0 saturated carbocycles. The minimum atomic E-state index is -4.91. The van der Waals surface area contributed by atoms with Crippen LogP contribution >= 0.6 is 23.5 Å². The van der Waals surface area contributed by atoms with Crippen LogP contribution in [0, 0.1) is 5.41 Å². The van der Waals surface area contributed by atoms with E-state index in [9.17, 15) is 83.6 Å². The number of unbranched alkanes of at least 4 members (excludes halogenated alkanes) is 10. The highest BCUT2D eigenvalue weighted by Gasteiger charge is 2.48. The number of phosphoric acid groups is 3. The molecule has 37 nitrogen and oxygen atoms in total. The number of Topliss-reactive ketones (excluding diaryl/α,β-unsaturated/α-hetero) is 3. The zero-order chi connectivity index (χ0) is 74.3. The lowest BCUT2D eigenvalue weighted by molar-refractivity contribution is -0.300. The molecule has 3 fully saturated rings. The second-order valence-corrected chi connectivity index (χ2v) is 29.2. The number of rotatable bonds is 58. The van der Waals surface area contributed by atoms with Gasteiger partial charge in [-0.3, -0.25) is 37.5 Å². The Balaban J connectivity index is 1.31. The number of ketones is 3. The summed E-state index contributed by atoms with van der Waals surface area (Å²) < 4.78 is 96.7. The monoisotopic (exact) mass is 1510 g/mol. The van der Waals surface area contributed by atoms with Crippen LogP contribution in [0.2, 0.25) is 0 Å². The molecule has 586 valence electrons. The summed E-state index contributed by atoms with van der Waals surface area (Å²) in [5.74, 6) is -0.427. The van der Waals surface area contributed by atoms with E-state index in [-0.39, 0.29) is 121 Å². The van der Waals surface area contributed by atoms with Crippen molar-refractivity contribution in [2.45, 2.75) is 253 Å². The van der Waals surface area contributed by atoms with Crippen molar-refractivity contribution in [3.05, 3.63) is 0 Å². The molecule has 16 atom stereocenters. The van der Waals surface area contributed by atoms with Crippen LogP contribution < -0.4 is 10.6 Å². The van der Waals surface area contributed by atoms with Gasteiger partial charge in [0.1, 0.15) is 90.6 Å². The zero-order valence-electron chi connectivity index (χ0n) is 56.7. The van der Waals surface area contributed by atoms with Crippen molar-refractivity contribution in [1.82, 2.24) is 10.6 Å². The summed E-state index contributed by atoms with van der Waals surface area (Å²) in [4.78, 5) is 117. The Hall–Kier alpha value is -2.44. The van der Waals surface area contributed by atoms with Gasteiger partial charge in [0.15, 0.2) is 18.9 Å². The van der Waals surface area contributed by atoms with Crippen LogP contribution in [-0.4, -0.2) is 289 Å². The minimum absolute atomic E-state index is 0.00327. The van der Waals surface area contributed by atoms with Crippen LogP contribution in [0.1, 0.15) is 161 Å². The van der Waals surface area contributed by atoms with Gasteiger partial charge in [0.25, 0.3) is 0 Å². The second-order valence-electron chi connectivity index (χ2n) is 25.5. The van der Waals surface area contributed by atoms with Gasteiger partial charge in [-0.15, -0.1) is 0 Å². The highest BCUT2D eigenvalue weighted by atomic mass is 31.2. The van der Waals surface area contributed by atoms with Crippen molar-refractivity contribution in [3.8, 4) is 0 Å². The Morgan fingerprint density at radius 3 is 0.990 bits per heavy atom. The molecule has 2 amide bonds. The van der Waals surface area contributed by atoms with Gasteiger partial charge in [-0.25, -0.2) is 13.7 Å². The quantitative estimate of drug-likeness (QED) is 0.0260. The van der Waals surface area contributed by atoms with Gasteiger partial charge in [0.05, 0.1) is 52.9 Å². The highest BCUT2D eigenvalue weighted by molar-refractivity contribution is 7.46. The lowest BCUT2D eigenvalue weighted by Gasteiger charge is -2.40. The first-order chi connectivity index (χ1) is 47.2. The van der Waals surface area contributed by atoms with E-state index in [2.05, 4.69) is 24.2 Å². The SMILES string of the molecule is CC(COCCCCCCCCC(=O)CCCCOC1OC(COP(=O)(O)O)C(O)C(O)C1O)(COCCC(=O)CCCCCC(=O)CCCCOC1OC(COP(=O)(O)O)C(O)C(O)C1O)COCCC(=O)NCCCNC(=O)CCCCOC1OC(COP(=O)(O)O)C(O)C(O)C1O. The normalized spacial score (nSPS) is 26.7. The number of ether oxygens (including phenoxy) is 9. The topological polar surface area (TPSA) is 575 Å². The number of aliphatic hydroxyl groups excluding tert-OH is 9. The molecule has 0 bridgehead atoms. The van der Waals surface area contributed by atoms with E-state index in [4.69, 9.17) is 72.0 Å². The van der Waals surface area contributed by atoms with Crippen LogP contribution in [0.4, 0.5) is 0 Å². The predicted molar refractivity (Wildman–Crippen MR) is 344 cm³/mol. The third kappa shape index (κ3) is 40.3. The van der Waals surface area contributed by atoms with Gasteiger partial charge in [0.2, 0.25) is 11.8 Å². The van der Waals surface area contributed by atoms with E-state index >= 15 is 0 Å². The van der Waals surface area contributed by atoms with E-state index in [1.54, 1.807) is 0 Å². The van der Waals surface area contributed by atoms with Gasteiger partial charge < -0.3 is 129 Å². The maximum absolute atomic E-state index is 12.8. The fourth-order valence-electron chi connectivity index (χ4n) is 10.5. The van der Waals surface area contributed by atoms with E-state index in [0.29, 0.717) is 96.5 Å². The molecule has 3 heterocycles. The molecular weight excluding hydrogens is 1400 g/mol. The number of carbonyl (C=O) groups excluding carboxylic acids is 5. The lowest BCUT2D eigenvalue weighted by Crippen LogP contribution is -2.59. The van der Waals surface area contributed by atoms with Crippen molar-refractivity contribution in [2.75, 3.05) is 92.4 Å². The maximum Gasteiger partial charge on any atom is 0.469 e. The molecule has 3 saturated heterocycles. The van der Waals surface area contributed by atoms with E-state index in [1.807, 2.05) is 6.92 Å². The van der Waals surface area contributed by atoms with Crippen molar-refractivity contribution in [2.24, 2.45) is 5.41 Å². The number of nitrogens with one attached hydrogen (secondary N) is 2. The first kappa shape index (κ1) is 91.8. The molecule has 100 heavy (non-hydrogen) atoms. The average molecular weight is 1510 g/mol. The van der Waals surface area contributed by atoms with Crippen LogP contribution in [0.25, 0.3) is 0 Å². The molecule has 3 rings (SSSR count). The Kier molecular flexibility index (Phi) is 45.4. The number of carbonyl (C=O) groups is 5. The first-order valence-electron chi connectivity index (χ1n) is 34.0. The third-order valence-electron chi connectivity index (χ3n) is 16.3. The summed E-state index contributed by atoms with van der Waals surface area (Å²) in [5, 5.41) is 96.9. The number of amides is 2. The number of hydrogen-bond acceptors (Lipinski definition) is 29. The number of aliphatic hydroxyl groups is 9. The molecule has 0 aliphatic carbocycles. The summed E-state index contributed by atoms with van der Waals surface area (Å²) in [5.41, 5.74) is -0.656. The smallest absolute Gasteiger partial charge is 0.387 e. The maximum atomic E-state index is 12.8. The summed E-state index contributed by atoms with van der Waals surface area (Å²) in [7, 11) is -14.7. The Morgan fingerprint density at radius 2 is 0.620 bits per heavy atom. The van der Waals surface area contributed by atoms with Gasteiger partial charge in [0, 0.05) is 96.3 Å². The zero-order valence-corrected chi connectivity index (χ0v) is 59.4. The molecule has 40 heteroatoms. The van der Waals surface area contributed by atoms with Gasteiger partial charge >= 0.3 is 23.5 Å². The third-order valence-corrected chi connectivity index (χ3v) is 17.8. The summed E-state index contributed by atoms with van der Waals surface area (Å²) in [6.45, 7) is 1.51. The van der Waals surface area contributed by atoms with Crippen LogP contribution in [0.5, 0.6) is 0 Å². The molecule has 0 radical (unpaired) electrons. The molecule has 3 aliphatic rings. The first-order valence-corrected chi connectivity index (χ1v) is 38.6. The van der Waals surface area contributed by atoms with E-state index < -0.39 is 141 Å². The Morgan fingerprint density at radius 1 is 0.340 bits per heavy atom. The predicted octanol–water partition coefficient (Wildman–Crippen LogP) is -0.855. The average Bonchev–Trinajstić information content (AvgIpc) is 0.830. The highest BCUT2D eigenvalue weighted by Crippen LogP contribution is 2.39. The van der Waals surface area contributed by atoms with Crippen LogP contribution in [0.15, 0.2) is 0 Å². The van der Waals surface area contributed by atoms with Crippen molar-refractivity contribution in [1.29, 1.82) is 0 Å². The molecule has 17 N–H and O–H groups in total.